The molecule has 3 nitrogen and oxygen atoms in total. The third-order valence-corrected chi connectivity index (χ3v) is 3.30. The number of fused-ring (bicyclic) bond motifs is 3. The van der Waals surface area contributed by atoms with Crippen molar-refractivity contribution in [3.8, 4) is 11.4 Å². The molecule has 0 bridgehead atoms. The first-order chi connectivity index (χ1) is 7.58. The smallest absolute Gasteiger partial charge is 0.225 e. The molecule has 0 N–H and O–H groups in total. The molecule has 0 radical (unpaired) electrons. The van der Waals surface area contributed by atoms with E-state index in [9.17, 15) is 0 Å². The summed E-state index contributed by atoms with van der Waals surface area (Å²) < 4.78 is 4.16. The third-order valence-electron chi connectivity index (χ3n) is 3.30. The summed E-state index contributed by atoms with van der Waals surface area (Å²) in [6, 6.07) is 8.54. The lowest BCUT2D eigenvalue weighted by Gasteiger charge is -2.28. The van der Waals surface area contributed by atoms with Crippen LogP contribution in [0.15, 0.2) is 30.6 Å². The number of hydrogen-bond acceptors (Lipinski definition) is 1. The van der Waals surface area contributed by atoms with E-state index in [1.54, 1.807) is 0 Å². The van der Waals surface area contributed by atoms with Crippen molar-refractivity contribution in [3.05, 3.63) is 36.2 Å². The normalized spacial score (nSPS) is 16.7. The van der Waals surface area contributed by atoms with Gasteiger partial charge in [0.2, 0.25) is 6.33 Å². The van der Waals surface area contributed by atoms with Crippen molar-refractivity contribution in [1.29, 1.82) is 0 Å². The summed E-state index contributed by atoms with van der Waals surface area (Å²) >= 11 is 0. The van der Waals surface area contributed by atoms with Crippen molar-refractivity contribution in [3.63, 3.8) is 0 Å². The maximum absolute atomic E-state index is 4.57. The van der Waals surface area contributed by atoms with Gasteiger partial charge in [0, 0.05) is 11.5 Å². The summed E-state index contributed by atoms with van der Waals surface area (Å²) in [7, 11) is 1.98. The van der Waals surface area contributed by atoms with Crippen molar-refractivity contribution in [2.24, 2.45) is 7.05 Å². The topological polar surface area (TPSA) is 21.7 Å². The van der Waals surface area contributed by atoms with Crippen molar-refractivity contribution < 1.29 is 4.57 Å². The molecule has 0 spiro atoms. The van der Waals surface area contributed by atoms with Gasteiger partial charge in [-0.3, -0.25) is 0 Å². The average molecular weight is 214 g/mol. The molecule has 0 unspecified atom stereocenters. The second-order valence-electron chi connectivity index (χ2n) is 5.13. The van der Waals surface area contributed by atoms with Crippen LogP contribution < -0.4 is 4.57 Å². The molecule has 0 atom stereocenters. The highest BCUT2D eigenvalue weighted by molar-refractivity contribution is 5.58. The van der Waals surface area contributed by atoms with Crippen LogP contribution in [0.4, 0.5) is 0 Å². The second kappa shape index (κ2) is 2.94. The molecule has 2 aromatic rings. The Morgan fingerprint density at radius 3 is 2.88 bits per heavy atom. The summed E-state index contributed by atoms with van der Waals surface area (Å²) in [5, 5.41) is 4.57. The van der Waals surface area contributed by atoms with Gasteiger partial charge in [0.25, 0.3) is 0 Å². The van der Waals surface area contributed by atoms with Gasteiger partial charge in [0.1, 0.15) is 0 Å². The van der Waals surface area contributed by atoms with Crippen molar-refractivity contribution in [1.82, 2.24) is 9.78 Å². The first-order valence-electron chi connectivity index (χ1n) is 5.62. The zero-order valence-corrected chi connectivity index (χ0v) is 9.94. The molecule has 3 rings (SSSR count). The van der Waals surface area contributed by atoms with Crippen LogP contribution in [0.5, 0.6) is 0 Å². The maximum atomic E-state index is 4.57. The number of hydrogen-bond donors (Lipinski definition) is 0. The minimum Gasteiger partial charge on any atom is -0.225 e. The van der Waals surface area contributed by atoms with Crippen LogP contribution in [0.2, 0.25) is 0 Å². The SMILES string of the molecule is Cn1c[n+]2c(n1)-c1ccccc1CC2(C)C. The van der Waals surface area contributed by atoms with Crippen LogP contribution in [-0.2, 0) is 19.0 Å². The predicted octanol–water partition coefficient (Wildman–Crippen LogP) is 1.67. The molecule has 0 amide bonds. The molecule has 0 aliphatic carbocycles. The van der Waals surface area contributed by atoms with Crippen molar-refractivity contribution in [2.75, 3.05) is 0 Å². The Bertz CT molecular complexity index is 552. The molecule has 0 saturated carbocycles. The summed E-state index contributed by atoms with van der Waals surface area (Å²) in [6.07, 6.45) is 3.14. The molecule has 1 aliphatic rings. The molecular weight excluding hydrogens is 198 g/mol. The fraction of sp³-hybridized carbons (Fsp3) is 0.385. The van der Waals surface area contributed by atoms with Gasteiger partial charge in [-0.2, -0.15) is 0 Å². The molecule has 16 heavy (non-hydrogen) atoms. The fourth-order valence-corrected chi connectivity index (χ4v) is 2.52. The molecular formula is C13H16N3+. The van der Waals surface area contributed by atoms with Crippen LogP contribution >= 0.6 is 0 Å². The third kappa shape index (κ3) is 1.21. The van der Waals surface area contributed by atoms with E-state index in [1.165, 1.54) is 11.1 Å². The highest BCUT2D eigenvalue weighted by Gasteiger charge is 2.37. The first kappa shape index (κ1) is 9.58. The molecule has 1 aliphatic heterocycles. The van der Waals surface area contributed by atoms with Gasteiger partial charge in [-0.25, -0.2) is 4.57 Å². The van der Waals surface area contributed by atoms with E-state index in [0.717, 1.165) is 12.2 Å². The zero-order chi connectivity index (χ0) is 11.3. The summed E-state index contributed by atoms with van der Waals surface area (Å²) in [4.78, 5) is 0. The van der Waals surface area contributed by atoms with Gasteiger partial charge in [0.15, 0.2) is 0 Å². The number of rotatable bonds is 0. The lowest BCUT2D eigenvalue weighted by atomic mass is 9.87. The van der Waals surface area contributed by atoms with Gasteiger partial charge in [0.05, 0.1) is 18.2 Å². The highest BCUT2D eigenvalue weighted by atomic mass is 15.4. The second-order valence-corrected chi connectivity index (χ2v) is 5.13. The van der Waals surface area contributed by atoms with Gasteiger partial charge in [-0.15, -0.1) is 4.68 Å². The molecule has 1 aromatic carbocycles. The summed E-state index contributed by atoms with van der Waals surface area (Å²) in [6.45, 7) is 4.52. The van der Waals surface area contributed by atoms with Crippen LogP contribution in [0.25, 0.3) is 11.4 Å². The Morgan fingerprint density at radius 1 is 1.31 bits per heavy atom. The quantitative estimate of drug-likeness (QED) is 0.611. The first-order valence-corrected chi connectivity index (χ1v) is 5.62. The van der Waals surface area contributed by atoms with E-state index in [-0.39, 0.29) is 5.54 Å². The molecule has 82 valence electrons. The Labute approximate surface area is 95.3 Å². The number of aromatic nitrogens is 3. The lowest BCUT2D eigenvalue weighted by molar-refractivity contribution is -0.750. The van der Waals surface area contributed by atoms with Crippen LogP contribution in [0.1, 0.15) is 19.4 Å². The highest BCUT2D eigenvalue weighted by Crippen LogP contribution is 2.30. The van der Waals surface area contributed by atoms with E-state index in [2.05, 4.69) is 54.1 Å². The predicted molar refractivity (Wildman–Crippen MR) is 61.9 cm³/mol. The number of aryl methyl sites for hydroxylation is 1. The standard InChI is InChI=1S/C13H16N3/c1-13(2)8-10-6-4-5-7-11(10)12-14-15(3)9-16(12)13/h4-7,9H,8H2,1-3H3/q+1. The fourth-order valence-electron chi connectivity index (χ4n) is 2.52. The van der Waals surface area contributed by atoms with Gasteiger partial charge in [-0.05, 0) is 25.5 Å². The molecule has 2 heterocycles. The van der Waals surface area contributed by atoms with Gasteiger partial charge >= 0.3 is 5.82 Å². The Kier molecular flexibility index (Phi) is 1.76. The molecule has 1 aromatic heterocycles. The van der Waals surface area contributed by atoms with Gasteiger partial charge < -0.3 is 0 Å². The van der Waals surface area contributed by atoms with Crippen LogP contribution in [-0.4, -0.2) is 9.78 Å². The van der Waals surface area contributed by atoms with E-state index >= 15 is 0 Å². The largest absolute Gasteiger partial charge is 0.309 e. The monoisotopic (exact) mass is 214 g/mol. The molecule has 0 saturated heterocycles. The van der Waals surface area contributed by atoms with E-state index in [4.69, 9.17) is 0 Å². The Balaban J connectivity index is 2.33. The molecule has 3 heteroatoms. The Hall–Kier alpha value is -1.64. The maximum Gasteiger partial charge on any atom is 0.309 e. The minimum absolute atomic E-state index is 0.109. The Morgan fingerprint density at radius 2 is 2.06 bits per heavy atom. The van der Waals surface area contributed by atoms with E-state index < -0.39 is 0 Å². The van der Waals surface area contributed by atoms with E-state index in [0.29, 0.717) is 0 Å². The van der Waals surface area contributed by atoms with Crippen LogP contribution in [0.3, 0.4) is 0 Å². The number of benzene rings is 1. The molecule has 0 fully saturated rings. The van der Waals surface area contributed by atoms with Crippen molar-refractivity contribution in [2.45, 2.75) is 25.8 Å². The lowest BCUT2D eigenvalue weighted by Crippen LogP contribution is -2.56. The summed E-state index contributed by atoms with van der Waals surface area (Å²) in [5.74, 6) is 1.08. The van der Waals surface area contributed by atoms with Gasteiger partial charge in [-0.1, -0.05) is 18.2 Å². The average Bonchev–Trinajstić information content (AvgIpc) is 2.61. The van der Waals surface area contributed by atoms with E-state index in [1.807, 2.05) is 11.7 Å². The van der Waals surface area contributed by atoms with Crippen LogP contribution in [0, 0.1) is 0 Å². The number of nitrogens with zero attached hydrogens (tertiary/aromatic N) is 3. The summed E-state index contributed by atoms with van der Waals surface area (Å²) in [5.41, 5.74) is 2.77. The zero-order valence-electron chi connectivity index (χ0n) is 9.94. The minimum atomic E-state index is 0.109. The van der Waals surface area contributed by atoms with Crippen molar-refractivity contribution >= 4 is 0 Å².